The molecule has 0 saturated heterocycles. The van der Waals surface area contributed by atoms with E-state index in [9.17, 15) is 14.5 Å². The van der Waals surface area contributed by atoms with Crippen molar-refractivity contribution in [3.63, 3.8) is 0 Å². The predicted molar refractivity (Wildman–Crippen MR) is 63.5 cm³/mol. The Labute approximate surface area is 99.0 Å². The third-order valence-electron chi connectivity index (χ3n) is 3.23. The summed E-state index contributed by atoms with van der Waals surface area (Å²) in [5.41, 5.74) is -0.166. The number of anilines is 1. The topological polar surface area (TPSA) is 55.2 Å². The molecule has 2 unspecified atom stereocenters. The molecule has 1 aliphatic carbocycles. The molecule has 1 fully saturated rings. The van der Waals surface area contributed by atoms with E-state index < -0.39 is 10.7 Å². The molecule has 92 valence electrons. The van der Waals surface area contributed by atoms with Crippen LogP contribution < -0.4 is 5.32 Å². The number of nitro benzene ring substituents is 1. The van der Waals surface area contributed by atoms with E-state index >= 15 is 0 Å². The second-order valence-electron chi connectivity index (χ2n) is 4.65. The summed E-state index contributed by atoms with van der Waals surface area (Å²) in [4.78, 5) is 10.3. The van der Waals surface area contributed by atoms with Crippen molar-refractivity contribution in [1.29, 1.82) is 0 Å². The molecule has 0 radical (unpaired) electrons. The molecule has 1 aliphatic rings. The Balaban J connectivity index is 2.22. The van der Waals surface area contributed by atoms with Crippen LogP contribution in [0.25, 0.3) is 0 Å². The lowest BCUT2D eigenvalue weighted by Gasteiger charge is -2.14. The highest BCUT2D eigenvalue weighted by Gasteiger charge is 2.25. The lowest BCUT2D eigenvalue weighted by molar-refractivity contribution is -0.384. The van der Waals surface area contributed by atoms with E-state index in [1.165, 1.54) is 18.2 Å². The van der Waals surface area contributed by atoms with Gasteiger partial charge in [-0.25, -0.2) is 4.39 Å². The highest BCUT2D eigenvalue weighted by Crippen LogP contribution is 2.32. The molecule has 0 heterocycles. The van der Waals surface area contributed by atoms with Crippen molar-refractivity contribution in [3.05, 3.63) is 34.1 Å². The summed E-state index contributed by atoms with van der Waals surface area (Å²) in [6, 6.07) is 4.06. The fraction of sp³-hybridized carbons (Fsp3) is 0.500. The molecule has 4 nitrogen and oxygen atoms in total. The minimum absolute atomic E-state index is 0.0246. The molecule has 1 saturated carbocycles. The van der Waals surface area contributed by atoms with E-state index in [1.54, 1.807) is 0 Å². The Morgan fingerprint density at radius 3 is 2.82 bits per heavy atom. The lowest BCUT2D eigenvalue weighted by atomic mass is 10.1. The zero-order valence-corrected chi connectivity index (χ0v) is 9.65. The van der Waals surface area contributed by atoms with Gasteiger partial charge in [-0.15, -0.1) is 0 Å². The standard InChI is InChI=1S/C12H15FN2O2/c1-8-5-6-9(7-8)14-12-10(13)3-2-4-11(12)15(16)17/h2-4,8-9,14H,5-7H2,1H3. The van der Waals surface area contributed by atoms with Crippen molar-refractivity contribution in [1.82, 2.24) is 0 Å². The first-order valence-corrected chi connectivity index (χ1v) is 5.77. The van der Waals surface area contributed by atoms with Crippen LogP contribution in [0.5, 0.6) is 0 Å². The number of hydrogen-bond donors (Lipinski definition) is 1. The van der Waals surface area contributed by atoms with Crippen LogP contribution in [0.4, 0.5) is 15.8 Å². The van der Waals surface area contributed by atoms with Crippen LogP contribution >= 0.6 is 0 Å². The van der Waals surface area contributed by atoms with Crippen molar-refractivity contribution in [2.75, 3.05) is 5.32 Å². The summed E-state index contributed by atoms with van der Waals surface area (Å²) in [5, 5.41) is 13.8. The Morgan fingerprint density at radius 2 is 2.24 bits per heavy atom. The monoisotopic (exact) mass is 238 g/mol. The second kappa shape index (κ2) is 4.69. The Bertz CT molecular complexity index is 437. The van der Waals surface area contributed by atoms with E-state index in [1.807, 2.05) is 0 Å². The summed E-state index contributed by atoms with van der Waals surface area (Å²) in [7, 11) is 0. The molecule has 0 amide bonds. The number of hydrogen-bond acceptors (Lipinski definition) is 3. The molecule has 2 rings (SSSR count). The van der Waals surface area contributed by atoms with Crippen LogP contribution in [0.3, 0.4) is 0 Å². The van der Waals surface area contributed by atoms with Gasteiger partial charge in [-0.2, -0.15) is 0 Å². The third kappa shape index (κ3) is 2.54. The first-order valence-electron chi connectivity index (χ1n) is 5.77. The largest absolute Gasteiger partial charge is 0.374 e. The highest BCUT2D eigenvalue weighted by molar-refractivity contribution is 5.62. The number of rotatable bonds is 3. The molecule has 0 aromatic heterocycles. The molecule has 1 aromatic carbocycles. The third-order valence-corrected chi connectivity index (χ3v) is 3.23. The summed E-state index contributed by atoms with van der Waals surface area (Å²) < 4.78 is 13.6. The molecule has 0 aliphatic heterocycles. The minimum Gasteiger partial charge on any atom is -0.374 e. The van der Waals surface area contributed by atoms with Crippen molar-refractivity contribution >= 4 is 11.4 Å². The van der Waals surface area contributed by atoms with Crippen molar-refractivity contribution in [2.24, 2.45) is 5.92 Å². The number of benzene rings is 1. The molecule has 1 aromatic rings. The van der Waals surface area contributed by atoms with Gasteiger partial charge in [0.25, 0.3) is 5.69 Å². The van der Waals surface area contributed by atoms with E-state index in [-0.39, 0.29) is 17.4 Å². The van der Waals surface area contributed by atoms with Gasteiger partial charge in [0, 0.05) is 12.1 Å². The fourth-order valence-corrected chi connectivity index (χ4v) is 2.35. The smallest absolute Gasteiger partial charge is 0.295 e. The van der Waals surface area contributed by atoms with Gasteiger partial charge in [-0.3, -0.25) is 10.1 Å². The zero-order valence-electron chi connectivity index (χ0n) is 9.65. The molecule has 0 spiro atoms. The zero-order chi connectivity index (χ0) is 12.4. The average molecular weight is 238 g/mol. The van der Waals surface area contributed by atoms with Crippen molar-refractivity contribution < 1.29 is 9.31 Å². The van der Waals surface area contributed by atoms with Gasteiger partial charge >= 0.3 is 0 Å². The van der Waals surface area contributed by atoms with Gasteiger partial charge in [-0.1, -0.05) is 13.0 Å². The van der Waals surface area contributed by atoms with E-state index in [0.717, 1.165) is 19.3 Å². The van der Waals surface area contributed by atoms with E-state index in [2.05, 4.69) is 12.2 Å². The normalized spacial score (nSPS) is 23.6. The SMILES string of the molecule is CC1CCC(Nc2c(F)cccc2[N+](=O)[O-])C1. The van der Waals surface area contributed by atoms with Gasteiger partial charge in [0.2, 0.25) is 0 Å². The van der Waals surface area contributed by atoms with Crippen LogP contribution in [0.15, 0.2) is 18.2 Å². The molecular weight excluding hydrogens is 223 g/mol. The molecule has 5 heteroatoms. The Morgan fingerprint density at radius 1 is 1.47 bits per heavy atom. The minimum atomic E-state index is -0.557. The number of halogens is 1. The fourth-order valence-electron chi connectivity index (χ4n) is 2.35. The predicted octanol–water partition coefficient (Wildman–Crippen LogP) is 3.33. The van der Waals surface area contributed by atoms with E-state index in [0.29, 0.717) is 5.92 Å². The van der Waals surface area contributed by atoms with Crippen molar-refractivity contribution in [2.45, 2.75) is 32.2 Å². The maximum atomic E-state index is 13.6. The lowest BCUT2D eigenvalue weighted by Crippen LogP contribution is -2.17. The molecule has 0 bridgehead atoms. The van der Waals surface area contributed by atoms with Crippen LogP contribution in [0, 0.1) is 21.8 Å². The van der Waals surface area contributed by atoms with Gasteiger partial charge < -0.3 is 5.32 Å². The van der Waals surface area contributed by atoms with Gasteiger partial charge in [0.15, 0.2) is 5.82 Å². The van der Waals surface area contributed by atoms with Crippen LogP contribution in [-0.4, -0.2) is 11.0 Å². The quantitative estimate of drug-likeness (QED) is 0.649. The average Bonchev–Trinajstić information content (AvgIpc) is 2.67. The van der Waals surface area contributed by atoms with Crippen LogP contribution in [-0.2, 0) is 0 Å². The van der Waals surface area contributed by atoms with Gasteiger partial charge in [0.05, 0.1) is 4.92 Å². The van der Waals surface area contributed by atoms with Gasteiger partial charge in [-0.05, 0) is 31.2 Å². The highest BCUT2D eigenvalue weighted by atomic mass is 19.1. The second-order valence-corrected chi connectivity index (χ2v) is 4.65. The Hall–Kier alpha value is -1.65. The number of para-hydroxylation sites is 1. The maximum absolute atomic E-state index is 13.6. The maximum Gasteiger partial charge on any atom is 0.295 e. The molecule has 17 heavy (non-hydrogen) atoms. The van der Waals surface area contributed by atoms with E-state index in [4.69, 9.17) is 0 Å². The molecular formula is C12H15FN2O2. The first-order chi connectivity index (χ1) is 8.08. The number of nitrogens with zero attached hydrogens (tertiary/aromatic N) is 1. The molecule has 1 N–H and O–H groups in total. The number of nitro groups is 1. The Kier molecular flexibility index (Phi) is 3.26. The number of nitrogens with one attached hydrogen (secondary N) is 1. The van der Waals surface area contributed by atoms with Crippen LogP contribution in [0.1, 0.15) is 26.2 Å². The van der Waals surface area contributed by atoms with Crippen LogP contribution in [0.2, 0.25) is 0 Å². The summed E-state index contributed by atoms with van der Waals surface area (Å²) in [5.74, 6) is 0.0390. The molecule has 2 atom stereocenters. The van der Waals surface area contributed by atoms with Gasteiger partial charge in [0.1, 0.15) is 5.69 Å². The first kappa shape index (κ1) is 11.8. The van der Waals surface area contributed by atoms with Crippen molar-refractivity contribution in [3.8, 4) is 0 Å². The summed E-state index contributed by atoms with van der Waals surface area (Å²) >= 11 is 0. The summed E-state index contributed by atoms with van der Waals surface area (Å²) in [6.45, 7) is 2.14. The summed E-state index contributed by atoms with van der Waals surface area (Å²) in [6.07, 6.45) is 2.96.